The standard InChI is InChI=1S/C16H19F3N2S/c1-10-13(8-11-4-3-7-21(11)2)14-9-12(22-16(17,18)19)5-6-15(14)20-10/h5-6,9,11,20H,3-4,7-8H2,1-2H3/t11-/m1/s1/i2D3. The lowest BCUT2D eigenvalue weighted by Gasteiger charge is -2.19. The largest absolute Gasteiger partial charge is 0.446 e. The van der Waals surface area contributed by atoms with E-state index in [0.29, 0.717) is 13.0 Å². The fourth-order valence-electron chi connectivity index (χ4n) is 3.11. The maximum Gasteiger partial charge on any atom is 0.446 e. The first-order valence-electron chi connectivity index (χ1n) is 8.68. The number of nitrogens with zero attached hydrogens (tertiary/aromatic N) is 1. The first kappa shape index (κ1) is 12.3. The quantitative estimate of drug-likeness (QED) is 0.820. The zero-order chi connectivity index (χ0) is 18.4. The summed E-state index contributed by atoms with van der Waals surface area (Å²) in [7, 11) is 0. The van der Waals surface area contributed by atoms with Crippen LogP contribution in [0.4, 0.5) is 13.2 Å². The summed E-state index contributed by atoms with van der Waals surface area (Å²) >= 11 is -0.133. The zero-order valence-corrected chi connectivity index (χ0v) is 12.9. The second-order valence-electron chi connectivity index (χ2n) is 5.68. The number of aromatic amines is 1. The lowest BCUT2D eigenvalue weighted by atomic mass is 10.0. The molecule has 1 aromatic carbocycles. The lowest BCUT2D eigenvalue weighted by molar-refractivity contribution is -0.0328. The van der Waals surface area contributed by atoms with Gasteiger partial charge < -0.3 is 9.88 Å². The molecule has 1 aromatic heterocycles. The summed E-state index contributed by atoms with van der Waals surface area (Å²) < 4.78 is 60.9. The first-order valence-corrected chi connectivity index (χ1v) is 8.00. The van der Waals surface area contributed by atoms with Crippen LogP contribution in [0.3, 0.4) is 0 Å². The predicted octanol–water partition coefficient (Wildman–Crippen LogP) is 4.72. The Bertz CT molecular complexity index is 770. The number of benzene rings is 1. The van der Waals surface area contributed by atoms with Crippen LogP contribution in [0, 0.1) is 6.92 Å². The van der Waals surface area contributed by atoms with Crippen molar-refractivity contribution in [2.45, 2.75) is 42.6 Å². The fourth-order valence-corrected chi connectivity index (χ4v) is 3.69. The molecule has 2 nitrogen and oxygen atoms in total. The van der Waals surface area contributed by atoms with Gasteiger partial charge in [-0.2, -0.15) is 13.2 Å². The number of likely N-dealkylation sites (tertiary alicyclic amines) is 1. The van der Waals surface area contributed by atoms with E-state index in [-0.39, 0.29) is 22.7 Å². The van der Waals surface area contributed by atoms with Crippen molar-refractivity contribution in [2.24, 2.45) is 0 Å². The molecule has 0 unspecified atom stereocenters. The van der Waals surface area contributed by atoms with Crippen molar-refractivity contribution in [3.8, 4) is 0 Å². The third-order valence-electron chi connectivity index (χ3n) is 4.14. The number of rotatable bonds is 3. The molecule has 6 heteroatoms. The van der Waals surface area contributed by atoms with Crippen LogP contribution in [0.1, 0.15) is 28.2 Å². The molecule has 1 fully saturated rings. The van der Waals surface area contributed by atoms with Gasteiger partial charge in [0.2, 0.25) is 0 Å². The van der Waals surface area contributed by atoms with E-state index in [2.05, 4.69) is 4.98 Å². The van der Waals surface area contributed by atoms with E-state index in [1.165, 1.54) is 11.0 Å². The van der Waals surface area contributed by atoms with Crippen LogP contribution in [0.2, 0.25) is 0 Å². The van der Waals surface area contributed by atoms with E-state index < -0.39 is 12.5 Å². The normalized spacial score (nSPS) is 22.7. The van der Waals surface area contributed by atoms with Gasteiger partial charge in [-0.3, -0.25) is 0 Å². The number of fused-ring (bicyclic) bond motifs is 1. The molecule has 0 bridgehead atoms. The Kier molecular flexibility index (Phi) is 3.25. The van der Waals surface area contributed by atoms with Gasteiger partial charge in [-0.15, -0.1) is 0 Å². The molecule has 1 aliphatic heterocycles. The number of H-pyrrole nitrogens is 1. The van der Waals surface area contributed by atoms with Crippen molar-refractivity contribution in [2.75, 3.05) is 13.5 Å². The second kappa shape index (κ2) is 5.81. The number of halogens is 3. The average molecular weight is 331 g/mol. The molecule has 1 N–H and O–H groups in total. The predicted molar refractivity (Wildman–Crippen MR) is 84.3 cm³/mol. The number of nitrogens with one attached hydrogen (secondary N) is 1. The average Bonchev–Trinajstić information content (AvgIpc) is 3.03. The van der Waals surface area contributed by atoms with Crippen molar-refractivity contribution in [3.05, 3.63) is 29.5 Å². The van der Waals surface area contributed by atoms with Crippen molar-refractivity contribution >= 4 is 22.7 Å². The Balaban J connectivity index is 1.92. The Labute approximate surface area is 136 Å². The Morgan fingerprint density at radius 1 is 1.45 bits per heavy atom. The minimum Gasteiger partial charge on any atom is -0.358 e. The van der Waals surface area contributed by atoms with E-state index in [0.717, 1.165) is 35.0 Å². The van der Waals surface area contributed by atoms with Crippen molar-refractivity contribution in [1.29, 1.82) is 0 Å². The van der Waals surface area contributed by atoms with Gasteiger partial charge in [-0.1, -0.05) is 0 Å². The topological polar surface area (TPSA) is 19.0 Å². The highest BCUT2D eigenvalue weighted by Gasteiger charge is 2.29. The maximum absolute atomic E-state index is 12.6. The molecule has 0 spiro atoms. The summed E-state index contributed by atoms with van der Waals surface area (Å²) in [5.41, 5.74) is -1.78. The van der Waals surface area contributed by atoms with Crippen LogP contribution in [-0.4, -0.2) is 35.0 Å². The Morgan fingerprint density at radius 2 is 2.27 bits per heavy atom. The van der Waals surface area contributed by atoms with Crippen molar-refractivity contribution in [1.82, 2.24) is 9.88 Å². The van der Waals surface area contributed by atoms with Gasteiger partial charge in [-0.05, 0) is 75.2 Å². The molecular formula is C16H19F3N2S. The van der Waals surface area contributed by atoms with Gasteiger partial charge in [0.05, 0.1) is 0 Å². The molecule has 2 aromatic rings. The van der Waals surface area contributed by atoms with E-state index in [1.54, 1.807) is 12.1 Å². The molecule has 22 heavy (non-hydrogen) atoms. The zero-order valence-electron chi connectivity index (χ0n) is 15.1. The molecular weight excluding hydrogens is 309 g/mol. The minimum absolute atomic E-state index is 0.121. The van der Waals surface area contributed by atoms with Crippen LogP contribution >= 0.6 is 11.8 Å². The van der Waals surface area contributed by atoms with Gasteiger partial charge in [0.15, 0.2) is 0 Å². The van der Waals surface area contributed by atoms with E-state index in [4.69, 9.17) is 4.11 Å². The van der Waals surface area contributed by atoms with Gasteiger partial charge in [0, 0.05) is 31.6 Å². The highest BCUT2D eigenvalue weighted by atomic mass is 32.2. The molecule has 1 atom stereocenters. The van der Waals surface area contributed by atoms with E-state index in [9.17, 15) is 13.2 Å². The number of alkyl halides is 3. The monoisotopic (exact) mass is 331 g/mol. The van der Waals surface area contributed by atoms with E-state index >= 15 is 0 Å². The van der Waals surface area contributed by atoms with Crippen LogP contribution in [0.15, 0.2) is 23.1 Å². The van der Waals surface area contributed by atoms with E-state index in [1.807, 2.05) is 6.92 Å². The number of likely N-dealkylation sites (N-methyl/N-ethyl adjacent to an activating group) is 1. The highest BCUT2D eigenvalue weighted by Crippen LogP contribution is 2.39. The second-order valence-corrected chi connectivity index (χ2v) is 6.82. The number of aryl methyl sites for hydroxylation is 1. The molecule has 1 saturated heterocycles. The summed E-state index contributed by atoms with van der Waals surface area (Å²) in [6.45, 7) is 0.261. The summed E-state index contributed by atoms with van der Waals surface area (Å²) in [4.78, 5) is 4.86. The Morgan fingerprint density at radius 3 is 3.00 bits per heavy atom. The number of hydrogen-bond acceptors (Lipinski definition) is 2. The summed E-state index contributed by atoms with van der Waals surface area (Å²) in [6.07, 6.45) is 2.12. The summed E-state index contributed by atoms with van der Waals surface area (Å²) in [6, 6.07) is 4.52. The highest BCUT2D eigenvalue weighted by molar-refractivity contribution is 8.00. The molecule has 0 amide bonds. The molecule has 0 saturated carbocycles. The van der Waals surface area contributed by atoms with Crippen LogP contribution in [0.25, 0.3) is 10.9 Å². The SMILES string of the molecule is [2H]C([2H])([2H])N1CCC[C@@H]1Cc1c(C)[nH]c2ccc(SC(F)(F)F)cc12. The Hall–Kier alpha value is -1.14. The molecule has 1 aliphatic rings. The molecule has 0 radical (unpaired) electrons. The summed E-state index contributed by atoms with van der Waals surface area (Å²) in [5.74, 6) is 0. The minimum atomic E-state index is -4.33. The third kappa shape index (κ3) is 3.27. The van der Waals surface area contributed by atoms with Gasteiger partial charge in [0.1, 0.15) is 0 Å². The molecule has 3 rings (SSSR count). The van der Waals surface area contributed by atoms with Gasteiger partial charge in [0.25, 0.3) is 0 Å². The van der Waals surface area contributed by atoms with Crippen LogP contribution in [-0.2, 0) is 6.42 Å². The lowest BCUT2D eigenvalue weighted by Crippen LogP contribution is -2.26. The number of aromatic nitrogens is 1. The molecule has 0 aliphatic carbocycles. The summed E-state index contributed by atoms with van der Waals surface area (Å²) in [5, 5.41) is 0.740. The van der Waals surface area contributed by atoms with Crippen LogP contribution < -0.4 is 0 Å². The fraction of sp³-hybridized carbons (Fsp3) is 0.500. The third-order valence-corrected chi connectivity index (χ3v) is 4.86. The first-order chi connectivity index (χ1) is 11.5. The number of thioether (sulfide) groups is 1. The van der Waals surface area contributed by atoms with Crippen molar-refractivity contribution in [3.63, 3.8) is 0 Å². The van der Waals surface area contributed by atoms with Gasteiger partial charge in [-0.25, -0.2) is 0 Å². The molecule has 120 valence electrons. The van der Waals surface area contributed by atoms with Crippen LogP contribution in [0.5, 0.6) is 0 Å². The maximum atomic E-state index is 12.6. The number of hydrogen-bond donors (Lipinski definition) is 1. The van der Waals surface area contributed by atoms with Gasteiger partial charge >= 0.3 is 5.51 Å². The molecule has 2 heterocycles. The smallest absolute Gasteiger partial charge is 0.358 e. The van der Waals surface area contributed by atoms with Crippen molar-refractivity contribution < 1.29 is 17.3 Å².